The fourth-order valence-corrected chi connectivity index (χ4v) is 2.95. The molecule has 1 aromatic carbocycles. The van der Waals surface area contributed by atoms with E-state index in [4.69, 9.17) is 5.11 Å². The Morgan fingerprint density at radius 3 is 3.00 bits per heavy atom. The molecule has 0 unspecified atom stereocenters. The van der Waals surface area contributed by atoms with Crippen LogP contribution in [0, 0.1) is 5.92 Å². The molecule has 1 heterocycles. The van der Waals surface area contributed by atoms with Crippen LogP contribution >= 0.6 is 0 Å². The van der Waals surface area contributed by atoms with Crippen molar-refractivity contribution in [3.8, 4) is 0 Å². The van der Waals surface area contributed by atoms with Crippen LogP contribution in [-0.2, 0) is 0 Å². The van der Waals surface area contributed by atoms with Crippen LogP contribution < -0.4 is 5.32 Å². The average molecular weight is 189 g/mol. The van der Waals surface area contributed by atoms with Crippen molar-refractivity contribution >= 4 is 5.69 Å². The molecule has 0 aromatic heterocycles. The molecule has 2 nitrogen and oxygen atoms in total. The lowest BCUT2D eigenvalue weighted by atomic mass is 9.97. The maximum atomic E-state index is 9.14. The second kappa shape index (κ2) is 2.99. The van der Waals surface area contributed by atoms with Gasteiger partial charge >= 0.3 is 0 Å². The Labute approximate surface area is 84.0 Å². The molecule has 2 N–H and O–H groups in total. The molecule has 3 atom stereocenters. The Morgan fingerprint density at radius 1 is 1.29 bits per heavy atom. The lowest BCUT2D eigenvalue weighted by Crippen LogP contribution is -2.14. The first-order valence-corrected chi connectivity index (χ1v) is 5.35. The standard InChI is InChI=1S/C12H15NO/c14-7-8-5-10-9-3-1-2-4-11(9)13-12(10)6-8/h1-4,8,10,12-14H,5-7H2/t8-,10-,12-/m0/s1. The summed E-state index contributed by atoms with van der Waals surface area (Å²) in [5, 5.41) is 12.7. The molecule has 0 spiro atoms. The van der Waals surface area contributed by atoms with Crippen molar-refractivity contribution in [2.45, 2.75) is 24.8 Å². The van der Waals surface area contributed by atoms with Gasteiger partial charge in [-0.1, -0.05) is 18.2 Å². The van der Waals surface area contributed by atoms with Gasteiger partial charge in [-0.15, -0.1) is 0 Å². The summed E-state index contributed by atoms with van der Waals surface area (Å²) < 4.78 is 0. The minimum atomic E-state index is 0.344. The fraction of sp³-hybridized carbons (Fsp3) is 0.500. The summed E-state index contributed by atoms with van der Waals surface area (Å²) >= 11 is 0. The molecule has 1 fully saturated rings. The molecule has 74 valence electrons. The van der Waals surface area contributed by atoms with Gasteiger partial charge in [0.1, 0.15) is 0 Å². The number of anilines is 1. The van der Waals surface area contributed by atoms with E-state index in [2.05, 4.69) is 29.6 Å². The van der Waals surface area contributed by atoms with Crippen molar-refractivity contribution in [2.75, 3.05) is 11.9 Å². The third kappa shape index (κ3) is 1.07. The molecular weight excluding hydrogens is 174 g/mol. The van der Waals surface area contributed by atoms with Gasteiger partial charge in [0.25, 0.3) is 0 Å². The highest BCUT2D eigenvalue weighted by Crippen LogP contribution is 2.47. The van der Waals surface area contributed by atoms with Gasteiger partial charge in [0, 0.05) is 24.3 Å². The number of nitrogens with one attached hydrogen (secondary N) is 1. The summed E-state index contributed by atoms with van der Waals surface area (Å²) in [5.41, 5.74) is 2.76. The van der Waals surface area contributed by atoms with Crippen LogP contribution in [0.4, 0.5) is 5.69 Å². The first-order chi connectivity index (χ1) is 6.88. The van der Waals surface area contributed by atoms with E-state index >= 15 is 0 Å². The fourth-order valence-electron chi connectivity index (χ4n) is 2.95. The molecule has 0 saturated heterocycles. The van der Waals surface area contributed by atoms with Gasteiger partial charge in [-0.2, -0.15) is 0 Å². The quantitative estimate of drug-likeness (QED) is 0.708. The normalized spacial score (nSPS) is 33.6. The highest BCUT2D eigenvalue weighted by atomic mass is 16.3. The molecule has 1 saturated carbocycles. The van der Waals surface area contributed by atoms with Gasteiger partial charge in [-0.25, -0.2) is 0 Å². The van der Waals surface area contributed by atoms with Crippen molar-refractivity contribution in [1.82, 2.24) is 0 Å². The van der Waals surface area contributed by atoms with Gasteiger partial charge in [-0.05, 0) is 30.4 Å². The third-order valence-corrected chi connectivity index (χ3v) is 3.62. The lowest BCUT2D eigenvalue weighted by molar-refractivity contribution is 0.228. The largest absolute Gasteiger partial charge is 0.396 e. The van der Waals surface area contributed by atoms with Gasteiger partial charge < -0.3 is 10.4 Å². The van der Waals surface area contributed by atoms with E-state index in [0.29, 0.717) is 24.5 Å². The van der Waals surface area contributed by atoms with E-state index in [1.54, 1.807) is 0 Å². The van der Waals surface area contributed by atoms with Gasteiger partial charge in [0.05, 0.1) is 0 Å². The zero-order chi connectivity index (χ0) is 9.54. The molecule has 0 amide bonds. The van der Waals surface area contributed by atoms with E-state index in [1.807, 2.05) is 0 Å². The van der Waals surface area contributed by atoms with E-state index < -0.39 is 0 Å². The first-order valence-electron chi connectivity index (χ1n) is 5.35. The van der Waals surface area contributed by atoms with Crippen LogP contribution in [0.5, 0.6) is 0 Å². The Balaban J connectivity index is 1.92. The van der Waals surface area contributed by atoms with Crippen molar-refractivity contribution in [3.05, 3.63) is 29.8 Å². The van der Waals surface area contributed by atoms with Crippen LogP contribution in [0.3, 0.4) is 0 Å². The molecule has 0 bridgehead atoms. The predicted molar refractivity (Wildman–Crippen MR) is 56.4 cm³/mol. The number of hydrogen-bond acceptors (Lipinski definition) is 2. The molecule has 3 rings (SSSR count). The van der Waals surface area contributed by atoms with Gasteiger partial charge in [-0.3, -0.25) is 0 Å². The first kappa shape index (κ1) is 8.30. The van der Waals surface area contributed by atoms with Crippen LogP contribution in [0.25, 0.3) is 0 Å². The summed E-state index contributed by atoms with van der Waals surface area (Å²) in [6.45, 7) is 0.344. The van der Waals surface area contributed by atoms with Crippen LogP contribution in [-0.4, -0.2) is 17.8 Å². The van der Waals surface area contributed by atoms with Gasteiger partial charge in [0.2, 0.25) is 0 Å². The number of fused-ring (bicyclic) bond motifs is 3. The molecule has 2 aliphatic rings. The van der Waals surface area contributed by atoms with E-state index in [9.17, 15) is 0 Å². The molecule has 1 aromatic rings. The third-order valence-electron chi connectivity index (χ3n) is 3.62. The van der Waals surface area contributed by atoms with Crippen molar-refractivity contribution in [3.63, 3.8) is 0 Å². The SMILES string of the molecule is OC[C@@H]1C[C@@H]2Nc3ccccc3[C@@H]2C1. The monoisotopic (exact) mass is 189 g/mol. The summed E-state index contributed by atoms with van der Waals surface area (Å²) in [5.74, 6) is 1.15. The second-order valence-corrected chi connectivity index (χ2v) is 4.46. The van der Waals surface area contributed by atoms with Crippen molar-refractivity contribution in [2.24, 2.45) is 5.92 Å². The topological polar surface area (TPSA) is 32.3 Å². The van der Waals surface area contributed by atoms with Gasteiger partial charge in [0.15, 0.2) is 0 Å². The van der Waals surface area contributed by atoms with Crippen LogP contribution in [0.1, 0.15) is 24.3 Å². The highest BCUT2D eigenvalue weighted by molar-refractivity contribution is 5.59. The summed E-state index contributed by atoms with van der Waals surface area (Å²) in [6.07, 6.45) is 2.26. The zero-order valence-corrected chi connectivity index (χ0v) is 8.11. The maximum Gasteiger partial charge on any atom is 0.0460 e. The molecule has 2 heteroatoms. The van der Waals surface area contributed by atoms with Crippen LogP contribution in [0.15, 0.2) is 24.3 Å². The number of aliphatic hydroxyl groups excluding tert-OH is 1. The highest BCUT2D eigenvalue weighted by Gasteiger charge is 2.39. The Kier molecular flexibility index (Phi) is 1.77. The predicted octanol–water partition coefficient (Wildman–Crippen LogP) is 1.97. The Hall–Kier alpha value is -1.02. The molecule has 1 aliphatic heterocycles. The number of para-hydroxylation sites is 1. The maximum absolute atomic E-state index is 9.14. The number of aliphatic hydroxyl groups is 1. The lowest BCUT2D eigenvalue weighted by Gasteiger charge is -2.08. The average Bonchev–Trinajstić information content (AvgIpc) is 2.73. The van der Waals surface area contributed by atoms with Crippen molar-refractivity contribution in [1.29, 1.82) is 0 Å². The summed E-state index contributed by atoms with van der Waals surface area (Å²) in [7, 11) is 0. The van der Waals surface area contributed by atoms with E-state index in [-0.39, 0.29) is 0 Å². The molecule has 1 aliphatic carbocycles. The minimum absolute atomic E-state index is 0.344. The Morgan fingerprint density at radius 2 is 2.14 bits per heavy atom. The number of hydrogen-bond donors (Lipinski definition) is 2. The summed E-state index contributed by atoms with van der Waals surface area (Å²) in [4.78, 5) is 0. The zero-order valence-electron chi connectivity index (χ0n) is 8.11. The molecule has 14 heavy (non-hydrogen) atoms. The van der Waals surface area contributed by atoms with Crippen molar-refractivity contribution < 1.29 is 5.11 Å². The minimum Gasteiger partial charge on any atom is -0.396 e. The molecular formula is C12H15NO. The second-order valence-electron chi connectivity index (χ2n) is 4.46. The number of rotatable bonds is 1. The van der Waals surface area contributed by atoms with E-state index in [0.717, 1.165) is 12.8 Å². The van der Waals surface area contributed by atoms with Crippen LogP contribution in [0.2, 0.25) is 0 Å². The van der Waals surface area contributed by atoms with E-state index in [1.165, 1.54) is 11.3 Å². The molecule has 0 radical (unpaired) electrons. The smallest absolute Gasteiger partial charge is 0.0460 e. The number of benzene rings is 1. The summed E-state index contributed by atoms with van der Waals surface area (Å²) in [6, 6.07) is 9.13. The Bertz CT molecular complexity index is 350.